The summed E-state index contributed by atoms with van der Waals surface area (Å²) >= 11 is 0. The molecule has 0 N–H and O–H groups in total. The molecule has 1 aliphatic carbocycles. The van der Waals surface area contributed by atoms with E-state index in [2.05, 4.69) is 26.8 Å². The summed E-state index contributed by atoms with van der Waals surface area (Å²) in [6, 6.07) is 0. The summed E-state index contributed by atoms with van der Waals surface area (Å²) < 4.78 is 0. The molecular formula is C10H18. The fourth-order valence-electron chi connectivity index (χ4n) is 1.87. The Kier molecular flexibility index (Phi) is 2.53. The number of hydrogen-bond acceptors (Lipinski definition) is 0. The molecule has 0 bridgehead atoms. The normalized spacial score (nSPS) is 26.8. The predicted molar refractivity (Wildman–Crippen MR) is 45.9 cm³/mol. The van der Waals surface area contributed by atoms with Crippen LogP contribution in [-0.4, -0.2) is 0 Å². The van der Waals surface area contributed by atoms with E-state index in [4.69, 9.17) is 0 Å². The largest absolute Gasteiger partial charge is 0.0848 e. The molecule has 0 fully saturated rings. The van der Waals surface area contributed by atoms with Crippen molar-refractivity contribution < 1.29 is 0 Å². The van der Waals surface area contributed by atoms with Gasteiger partial charge in [-0.25, -0.2) is 0 Å². The molecule has 0 heterocycles. The standard InChI is InChI=1S/C10H18/c1-8(2)10-7-5-4-6-9(10)3/h7-9H,4-6H2,1-3H3. The van der Waals surface area contributed by atoms with Crippen LogP contribution in [-0.2, 0) is 0 Å². The monoisotopic (exact) mass is 138 g/mol. The van der Waals surface area contributed by atoms with Crippen molar-refractivity contribution in [1.29, 1.82) is 0 Å². The van der Waals surface area contributed by atoms with E-state index in [1.54, 1.807) is 5.57 Å². The van der Waals surface area contributed by atoms with E-state index in [-0.39, 0.29) is 0 Å². The van der Waals surface area contributed by atoms with Gasteiger partial charge in [-0.05, 0) is 31.1 Å². The fourth-order valence-corrected chi connectivity index (χ4v) is 1.87. The minimum atomic E-state index is 0.773. The number of hydrogen-bond donors (Lipinski definition) is 0. The van der Waals surface area contributed by atoms with Crippen LogP contribution in [0.3, 0.4) is 0 Å². The van der Waals surface area contributed by atoms with Crippen LogP contribution in [0.2, 0.25) is 0 Å². The molecule has 0 aromatic carbocycles. The molecule has 0 heteroatoms. The lowest BCUT2D eigenvalue weighted by Gasteiger charge is -2.23. The first kappa shape index (κ1) is 7.84. The lowest BCUT2D eigenvalue weighted by atomic mass is 9.83. The molecule has 0 aromatic heterocycles. The summed E-state index contributed by atoms with van der Waals surface area (Å²) in [5.41, 5.74) is 1.69. The lowest BCUT2D eigenvalue weighted by Crippen LogP contribution is -2.09. The van der Waals surface area contributed by atoms with Gasteiger partial charge in [-0.1, -0.05) is 32.4 Å². The average molecular weight is 138 g/mol. The maximum Gasteiger partial charge on any atom is -0.0229 e. The zero-order valence-corrected chi connectivity index (χ0v) is 7.35. The van der Waals surface area contributed by atoms with Crippen LogP contribution in [0.15, 0.2) is 11.6 Å². The summed E-state index contributed by atoms with van der Waals surface area (Å²) in [5.74, 6) is 1.63. The van der Waals surface area contributed by atoms with Gasteiger partial charge in [-0.2, -0.15) is 0 Å². The van der Waals surface area contributed by atoms with Gasteiger partial charge >= 0.3 is 0 Å². The Balaban J connectivity index is 2.61. The highest BCUT2D eigenvalue weighted by molar-refractivity contribution is 5.10. The highest BCUT2D eigenvalue weighted by Crippen LogP contribution is 2.29. The second-order valence-corrected chi connectivity index (χ2v) is 3.69. The van der Waals surface area contributed by atoms with Crippen LogP contribution in [0, 0.1) is 11.8 Å². The third kappa shape index (κ3) is 1.62. The molecule has 0 radical (unpaired) electrons. The first-order valence-electron chi connectivity index (χ1n) is 4.41. The quantitative estimate of drug-likeness (QED) is 0.487. The van der Waals surface area contributed by atoms with Gasteiger partial charge in [-0.15, -0.1) is 0 Å². The zero-order valence-electron chi connectivity index (χ0n) is 7.35. The summed E-state index contributed by atoms with van der Waals surface area (Å²) in [6.45, 7) is 6.95. The van der Waals surface area contributed by atoms with Gasteiger partial charge in [0.25, 0.3) is 0 Å². The van der Waals surface area contributed by atoms with Crippen LogP contribution < -0.4 is 0 Å². The smallest absolute Gasteiger partial charge is 0.0229 e. The molecule has 58 valence electrons. The van der Waals surface area contributed by atoms with Crippen molar-refractivity contribution in [3.63, 3.8) is 0 Å². The molecule has 1 unspecified atom stereocenters. The third-order valence-corrected chi connectivity index (χ3v) is 2.46. The van der Waals surface area contributed by atoms with E-state index < -0.39 is 0 Å². The third-order valence-electron chi connectivity index (χ3n) is 2.46. The number of allylic oxidation sites excluding steroid dienone is 2. The lowest BCUT2D eigenvalue weighted by molar-refractivity contribution is 0.497. The van der Waals surface area contributed by atoms with E-state index in [1.807, 2.05) is 0 Å². The minimum absolute atomic E-state index is 0.773. The van der Waals surface area contributed by atoms with Gasteiger partial charge in [0.05, 0.1) is 0 Å². The molecule has 0 aliphatic heterocycles. The van der Waals surface area contributed by atoms with Gasteiger partial charge in [0.2, 0.25) is 0 Å². The van der Waals surface area contributed by atoms with Gasteiger partial charge in [0.15, 0.2) is 0 Å². The Morgan fingerprint density at radius 2 is 2.20 bits per heavy atom. The minimum Gasteiger partial charge on any atom is -0.0848 e. The Bertz CT molecular complexity index is 131. The van der Waals surface area contributed by atoms with Gasteiger partial charge in [-0.3, -0.25) is 0 Å². The van der Waals surface area contributed by atoms with Crippen molar-refractivity contribution in [2.75, 3.05) is 0 Å². The van der Waals surface area contributed by atoms with Crippen LogP contribution in [0.4, 0.5) is 0 Å². The van der Waals surface area contributed by atoms with E-state index in [0.29, 0.717) is 0 Å². The highest BCUT2D eigenvalue weighted by atomic mass is 14.2. The highest BCUT2D eigenvalue weighted by Gasteiger charge is 2.14. The molecule has 0 saturated heterocycles. The summed E-state index contributed by atoms with van der Waals surface area (Å²) in [7, 11) is 0. The van der Waals surface area contributed by atoms with Crippen molar-refractivity contribution in [3.05, 3.63) is 11.6 Å². The molecule has 0 spiro atoms. The molecular weight excluding hydrogens is 120 g/mol. The van der Waals surface area contributed by atoms with Crippen LogP contribution >= 0.6 is 0 Å². The maximum absolute atomic E-state index is 2.44. The van der Waals surface area contributed by atoms with Crippen molar-refractivity contribution in [1.82, 2.24) is 0 Å². The van der Waals surface area contributed by atoms with Crippen molar-refractivity contribution in [2.45, 2.75) is 40.0 Å². The molecule has 10 heavy (non-hydrogen) atoms. The number of rotatable bonds is 1. The van der Waals surface area contributed by atoms with Gasteiger partial charge in [0.1, 0.15) is 0 Å². The Morgan fingerprint density at radius 3 is 2.60 bits per heavy atom. The van der Waals surface area contributed by atoms with Crippen molar-refractivity contribution in [2.24, 2.45) is 11.8 Å². The Morgan fingerprint density at radius 1 is 1.50 bits per heavy atom. The van der Waals surface area contributed by atoms with E-state index in [9.17, 15) is 0 Å². The molecule has 0 amide bonds. The molecule has 0 saturated carbocycles. The molecule has 0 aromatic rings. The Labute approximate surface area is 64.3 Å². The van der Waals surface area contributed by atoms with Crippen LogP contribution in [0.5, 0.6) is 0 Å². The first-order valence-corrected chi connectivity index (χ1v) is 4.41. The second kappa shape index (κ2) is 3.23. The fraction of sp³-hybridized carbons (Fsp3) is 0.800. The van der Waals surface area contributed by atoms with Crippen LogP contribution in [0.1, 0.15) is 40.0 Å². The molecule has 1 aliphatic rings. The predicted octanol–water partition coefficient (Wildman–Crippen LogP) is 3.39. The van der Waals surface area contributed by atoms with Crippen molar-refractivity contribution >= 4 is 0 Å². The van der Waals surface area contributed by atoms with Crippen molar-refractivity contribution in [3.8, 4) is 0 Å². The van der Waals surface area contributed by atoms with E-state index in [0.717, 1.165) is 11.8 Å². The topological polar surface area (TPSA) is 0 Å². The van der Waals surface area contributed by atoms with Gasteiger partial charge < -0.3 is 0 Å². The molecule has 1 atom stereocenters. The summed E-state index contributed by atoms with van der Waals surface area (Å²) in [5, 5.41) is 0. The van der Waals surface area contributed by atoms with Gasteiger partial charge in [0, 0.05) is 0 Å². The van der Waals surface area contributed by atoms with E-state index in [1.165, 1.54) is 19.3 Å². The maximum atomic E-state index is 2.44. The van der Waals surface area contributed by atoms with E-state index >= 15 is 0 Å². The molecule has 0 nitrogen and oxygen atoms in total. The molecule has 1 rings (SSSR count). The first-order chi connectivity index (χ1) is 4.72. The SMILES string of the molecule is CC(C)C1=CCCCC1C. The summed E-state index contributed by atoms with van der Waals surface area (Å²) in [6.07, 6.45) is 6.57. The van der Waals surface area contributed by atoms with Crippen LogP contribution in [0.25, 0.3) is 0 Å². The Hall–Kier alpha value is -0.260. The second-order valence-electron chi connectivity index (χ2n) is 3.69. The zero-order chi connectivity index (χ0) is 7.56. The summed E-state index contributed by atoms with van der Waals surface area (Å²) in [4.78, 5) is 0. The average Bonchev–Trinajstić information content (AvgIpc) is 1.88.